The lowest BCUT2D eigenvalue weighted by molar-refractivity contribution is -0.140. The van der Waals surface area contributed by atoms with Crippen LogP contribution in [0.5, 0.6) is 5.88 Å². The van der Waals surface area contributed by atoms with Gasteiger partial charge in [-0.2, -0.15) is 0 Å². The van der Waals surface area contributed by atoms with Gasteiger partial charge in [0.2, 0.25) is 15.9 Å². The molecular weight excluding hydrogens is 284 g/mol. The molecule has 1 aromatic rings. The Kier molecular flexibility index (Phi) is 6.40. The van der Waals surface area contributed by atoms with Crippen LogP contribution in [0, 0.1) is 0 Å². The second kappa shape index (κ2) is 7.81. The minimum Gasteiger partial charge on any atom is -0.481 e. The molecule has 1 aromatic heterocycles. The Labute approximate surface area is 118 Å². The molecule has 8 heteroatoms. The van der Waals surface area contributed by atoms with E-state index in [1.807, 2.05) is 0 Å². The van der Waals surface area contributed by atoms with Gasteiger partial charge in [0.1, 0.15) is 0 Å². The lowest BCUT2D eigenvalue weighted by Crippen LogP contribution is -2.26. The largest absolute Gasteiger partial charge is 0.481 e. The molecule has 0 unspecified atom stereocenters. The smallest absolute Gasteiger partial charge is 0.305 e. The summed E-state index contributed by atoms with van der Waals surface area (Å²) < 4.78 is 35.4. The molecule has 20 heavy (non-hydrogen) atoms. The maximum absolute atomic E-state index is 11.7. The average Bonchev–Trinajstić information content (AvgIpc) is 2.45. The van der Waals surface area contributed by atoms with Gasteiger partial charge in [-0.1, -0.05) is 6.07 Å². The number of aromatic nitrogens is 1. The number of hydrogen-bond acceptors (Lipinski definition) is 6. The van der Waals surface area contributed by atoms with Crippen LogP contribution in [0.3, 0.4) is 0 Å². The van der Waals surface area contributed by atoms with Crippen LogP contribution < -0.4 is 9.46 Å². The standard InChI is InChI=1S/C12H18N2O5S/c1-18-11(15)6-4-8-20(16,17)14-9-10-5-3-7-13-12(10)19-2/h3,5,7,14H,4,6,8-9H2,1-2H3. The van der Waals surface area contributed by atoms with E-state index < -0.39 is 16.0 Å². The van der Waals surface area contributed by atoms with Crippen LogP contribution in [0.15, 0.2) is 18.3 Å². The van der Waals surface area contributed by atoms with Gasteiger partial charge in [0, 0.05) is 24.7 Å². The summed E-state index contributed by atoms with van der Waals surface area (Å²) in [6, 6.07) is 3.42. The lowest BCUT2D eigenvalue weighted by atomic mass is 10.3. The Morgan fingerprint density at radius 1 is 1.40 bits per heavy atom. The molecule has 0 atom stereocenters. The van der Waals surface area contributed by atoms with Crippen molar-refractivity contribution in [2.75, 3.05) is 20.0 Å². The summed E-state index contributed by atoms with van der Waals surface area (Å²) >= 11 is 0. The van der Waals surface area contributed by atoms with Crippen LogP contribution in [0.4, 0.5) is 0 Å². The zero-order valence-electron chi connectivity index (χ0n) is 11.5. The van der Waals surface area contributed by atoms with E-state index in [0.29, 0.717) is 11.4 Å². The molecule has 0 saturated carbocycles. The van der Waals surface area contributed by atoms with Crippen molar-refractivity contribution in [3.05, 3.63) is 23.9 Å². The molecule has 0 aliphatic heterocycles. The van der Waals surface area contributed by atoms with Crippen molar-refractivity contribution in [1.29, 1.82) is 0 Å². The van der Waals surface area contributed by atoms with E-state index in [4.69, 9.17) is 4.74 Å². The van der Waals surface area contributed by atoms with Gasteiger partial charge in [-0.25, -0.2) is 18.1 Å². The summed E-state index contributed by atoms with van der Waals surface area (Å²) in [5, 5.41) is 0. The van der Waals surface area contributed by atoms with Crippen LogP contribution in [0.1, 0.15) is 18.4 Å². The zero-order valence-corrected chi connectivity index (χ0v) is 12.3. The Morgan fingerprint density at radius 2 is 2.15 bits per heavy atom. The lowest BCUT2D eigenvalue weighted by Gasteiger charge is -2.09. The molecule has 0 fully saturated rings. The third-order valence-corrected chi connectivity index (χ3v) is 3.96. The van der Waals surface area contributed by atoms with Gasteiger partial charge in [0.15, 0.2) is 0 Å². The van der Waals surface area contributed by atoms with E-state index in [1.165, 1.54) is 14.2 Å². The van der Waals surface area contributed by atoms with Gasteiger partial charge in [-0.05, 0) is 12.5 Å². The van der Waals surface area contributed by atoms with Crippen LogP contribution in [0.2, 0.25) is 0 Å². The highest BCUT2D eigenvalue weighted by Gasteiger charge is 2.13. The molecule has 0 spiro atoms. The number of methoxy groups -OCH3 is 2. The Morgan fingerprint density at radius 3 is 2.80 bits per heavy atom. The average molecular weight is 302 g/mol. The molecule has 112 valence electrons. The number of rotatable bonds is 8. The fourth-order valence-corrected chi connectivity index (χ4v) is 2.56. The topological polar surface area (TPSA) is 94.6 Å². The van der Waals surface area contributed by atoms with Crippen molar-refractivity contribution in [3.63, 3.8) is 0 Å². The number of hydrogen-bond donors (Lipinski definition) is 1. The molecule has 0 aliphatic carbocycles. The first-order valence-electron chi connectivity index (χ1n) is 6.00. The quantitative estimate of drug-likeness (QED) is 0.701. The minimum absolute atomic E-state index is 0.0770. The molecular formula is C12H18N2O5S. The molecule has 1 rings (SSSR count). The predicted molar refractivity (Wildman–Crippen MR) is 72.7 cm³/mol. The molecule has 7 nitrogen and oxygen atoms in total. The highest BCUT2D eigenvalue weighted by Crippen LogP contribution is 2.13. The Hall–Kier alpha value is -1.67. The van der Waals surface area contributed by atoms with Gasteiger partial charge in [0.25, 0.3) is 0 Å². The maximum atomic E-state index is 11.7. The predicted octanol–water partition coefficient (Wildman–Crippen LogP) is 0.463. The first-order chi connectivity index (χ1) is 9.48. The molecule has 0 aliphatic rings. The third-order valence-electron chi connectivity index (χ3n) is 2.55. The van der Waals surface area contributed by atoms with E-state index in [0.717, 1.165) is 0 Å². The molecule has 0 amide bonds. The summed E-state index contributed by atoms with van der Waals surface area (Å²) in [4.78, 5) is 14.9. The number of esters is 1. The van der Waals surface area contributed by atoms with Crippen LogP contribution >= 0.6 is 0 Å². The van der Waals surface area contributed by atoms with Crippen LogP contribution in [-0.2, 0) is 26.1 Å². The Bertz CT molecular complexity index is 545. The summed E-state index contributed by atoms with van der Waals surface area (Å²) in [6.45, 7) is 0.0948. The number of nitrogens with one attached hydrogen (secondary N) is 1. The van der Waals surface area contributed by atoms with Crippen molar-refractivity contribution in [1.82, 2.24) is 9.71 Å². The minimum atomic E-state index is -3.45. The summed E-state index contributed by atoms with van der Waals surface area (Å²) in [6.07, 6.45) is 1.85. The van der Waals surface area contributed by atoms with Crippen molar-refractivity contribution in [2.45, 2.75) is 19.4 Å². The van der Waals surface area contributed by atoms with Gasteiger partial charge in [0.05, 0.1) is 20.0 Å². The molecule has 0 saturated heterocycles. The fraction of sp³-hybridized carbons (Fsp3) is 0.500. The summed E-state index contributed by atoms with van der Waals surface area (Å²) in [7, 11) is -0.713. The molecule has 0 aromatic carbocycles. The van der Waals surface area contributed by atoms with Gasteiger partial charge < -0.3 is 9.47 Å². The van der Waals surface area contributed by atoms with Crippen LogP contribution in [-0.4, -0.2) is 39.3 Å². The first-order valence-corrected chi connectivity index (χ1v) is 7.66. The van der Waals surface area contributed by atoms with Crippen molar-refractivity contribution >= 4 is 16.0 Å². The molecule has 1 N–H and O–H groups in total. The number of carbonyl (C=O) groups is 1. The van der Waals surface area contributed by atoms with Gasteiger partial charge >= 0.3 is 5.97 Å². The normalized spacial score (nSPS) is 11.1. The van der Waals surface area contributed by atoms with Crippen LogP contribution in [0.25, 0.3) is 0 Å². The number of ether oxygens (including phenoxy) is 2. The van der Waals surface area contributed by atoms with Crippen molar-refractivity contribution < 1.29 is 22.7 Å². The third kappa shape index (κ3) is 5.54. The fourth-order valence-electron chi connectivity index (χ4n) is 1.51. The molecule has 0 bridgehead atoms. The summed E-state index contributed by atoms with van der Waals surface area (Å²) in [5.74, 6) is -0.177. The van der Waals surface area contributed by atoms with Gasteiger partial charge in [-0.3, -0.25) is 4.79 Å². The number of pyridine rings is 1. The number of sulfonamides is 1. The van der Waals surface area contributed by atoms with E-state index >= 15 is 0 Å². The zero-order chi connectivity index (χ0) is 15.0. The van der Waals surface area contributed by atoms with Crippen molar-refractivity contribution in [3.8, 4) is 5.88 Å². The monoisotopic (exact) mass is 302 g/mol. The van der Waals surface area contributed by atoms with E-state index in [1.54, 1.807) is 18.3 Å². The highest BCUT2D eigenvalue weighted by atomic mass is 32.2. The maximum Gasteiger partial charge on any atom is 0.305 e. The second-order valence-electron chi connectivity index (χ2n) is 3.99. The number of nitrogens with zero attached hydrogens (tertiary/aromatic N) is 1. The van der Waals surface area contributed by atoms with E-state index in [-0.39, 0.29) is 25.1 Å². The van der Waals surface area contributed by atoms with E-state index in [9.17, 15) is 13.2 Å². The van der Waals surface area contributed by atoms with E-state index in [2.05, 4.69) is 14.4 Å². The van der Waals surface area contributed by atoms with Gasteiger partial charge in [-0.15, -0.1) is 0 Å². The first kappa shape index (κ1) is 16.4. The Balaban J connectivity index is 2.49. The SMILES string of the molecule is COC(=O)CCCS(=O)(=O)NCc1cccnc1OC. The highest BCUT2D eigenvalue weighted by molar-refractivity contribution is 7.89. The molecule has 1 heterocycles. The van der Waals surface area contributed by atoms with Crippen molar-refractivity contribution in [2.24, 2.45) is 0 Å². The molecule has 0 radical (unpaired) electrons. The summed E-state index contributed by atoms with van der Waals surface area (Å²) in [5.41, 5.74) is 0.645. The number of carbonyl (C=O) groups excluding carboxylic acids is 1. The second-order valence-corrected chi connectivity index (χ2v) is 5.92.